The summed E-state index contributed by atoms with van der Waals surface area (Å²) in [6.07, 6.45) is 0. The molecule has 2 aromatic carbocycles. The van der Waals surface area contributed by atoms with Crippen molar-refractivity contribution in [1.82, 2.24) is 0 Å². The van der Waals surface area contributed by atoms with E-state index in [9.17, 15) is 4.79 Å². The lowest BCUT2D eigenvalue weighted by molar-refractivity contribution is 0.102. The minimum atomic E-state index is -0.246. The molecule has 0 unspecified atom stereocenters. The topological polar surface area (TPSA) is 41.1 Å². The number of benzene rings is 2. The summed E-state index contributed by atoms with van der Waals surface area (Å²) in [5.74, 6) is -0.246. The molecule has 0 spiro atoms. The number of carbonyl (C=O) groups excluding carboxylic acids is 1. The van der Waals surface area contributed by atoms with E-state index in [0.717, 1.165) is 17.8 Å². The van der Waals surface area contributed by atoms with Gasteiger partial charge in [-0.15, -0.1) is 0 Å². The molecular formula is C16H16Cl2N2O. The number of hydrogen-bond donors (Lipinski definition) is 2. The molecular weight excluding hydrogens is 307 g/mol. The van der Waals surface area contributed by atoms with E-state index in [0.29, 0.717) is 21.3 Å². The molecule has 3 nitrogen and oxygen atoms in total. The van der Waals surface area contributed by atoms with Crippen molar-refractivity contribution in [3.8, 4) is 0 Å². The second kappa shape index (κ2) is 6.83. The van der Waals surface area contributed by atoms with Crippen molar-refractivity contribution in [2.45, 2.75) is 13.8 Å². The smallest absolute Gasteiger partial charge is 0.257 e. The zero-order valence-electron chi connectivity index (χ0n) is 11.8. The van der Waals surface area contributed by atoms with Gasteiger partial charge in [-0.25, -0.2) is 0 Å². The molecule has 0 aliphatic carbocycles. The summed E-state index contributed by atoms with van der Waals surface area (Å²) in [6.45, 7) is 4.65. The molecule has 2 N–H and O–H groups in total. The maximum Gasteiger partial charge on any atom is 0.257 e. The summed E-state index contributed by atoms with van der Waals surface area (Å²) in [4.78, 5) is 12.5. The van der Waals surface area contributed by atoms with Gasteiger partial charge in [0.25, 0.3) is 5.91 Å². The molecule has 0 aromatic heterocycles. The summed E-state index contributed by atoms with van der Waals surface area (Å²) in [5.41, 5.74) is 2.78. The van der Waals surface area contributed by atoms with Crippen molar-refractivity contribution in [3.05, 3.63) is 57.6 Å². The summed E-state index contributed by atoms with van der Waals surface area (Å²) >= 11 is 12.2. The Balaban J connectivity index is 2.34. The second-order valence-electron chi connectivity index (χ2n) is 4.63. The fourth-order valence-electron chi connectivity index (χ4n) is 1.99. The van der Waals surface area contributed by atoms with Crippen molar-refractivity contribution >= 4 is 40.5 Å². The molecule has 0 aliphatic heterocycles. The third-order valence-electron chi connectivity index (χ3n) is 2.99. The van der Waals surface area contributed by atoms with Gasteiger partial charge in [0, 0.05) is 12.2 Å². The Hall–Kier alpha value is -1.71. The molecule has 2 rings (SSSR count). The zero-order valence-corrected chi connectivity index (χ0v) is 13.3. The first-order valence-electron chi connectivity index (χ1n) is 6.62. The Kier molecular flexibility index (Phi) is 5.10. The first-order valence-corrected chi connectivity index (χ1v) is 7.38. The molecule has 1 amide bonds. The van der Waals surface area contributed by atoms with Crippen LogP contribution in [0.1, 0.15) is 22.8 Å². The second-order valence-corrected chi connectivity index (χ2v) is 5.44. The van der Waals surface area contributed by atoms with Gasteiger partial charge >= 0.3 is 0 Å². The number of para-hydroxylation sites is 1. The van der Waals surface area contributed by atoms with Crippen LogP contribution in [0.25, 0.3) is 0 Å². The van der Waals surface area contributed by atoms with Crippen LogP contribution in [-0.4, -0.2) is 12.5 Å². The Morgan fingerprint density at radius 1 is 1.14 bits per heavy atom. The summed E-state index contributed by atoms with van der Waals surface area (Å²) in [5, 5.41) is 6.77. The van der Waals surface area contributed by atoms with Crippen LogP contribution >= 0.6 is 23.2 Å². The molecule has 0 atom stereocenters. The van der Waals surface area contributed by atoms with Gasteiger partial charge in [-0.05, 0) is 38.1 Å². The van der Waals surface area contributed by atoms with Crippen LogP contribution in [0.5, 0.6) is 0 Å². The van der Waals surface area contributed by atoms with Gasteiger partial charge in [-0.3, -0.25) is 4.79 Å². The predicted octanol–water partition coefficient (Wildman–Crippen LogP) is 4.99. The monoisotopic (exact) mass is 322 g/mol. The van der Waals surface area contributed by atoms with Gasteiger partial charge in [0.05, 0.1) is 21.3 Å². The van der Waals surface area contributed by atoms with E-state index < -0.39 is 0 Å². The summed E-state index contributed by atoms with van der Waals surface area (Å²) in [7, 11) is 0. The molecule has 110 valence electrons. The van der Waals surface area contributed by atoms with Crippen molar-refractivity contribution in [2.75, 3.05) is 17.2 Å². The molecule has 0 aliphatic rings. The van der Waals surface area contributed by atoms with Gasteiger partial charge in [0.1, 0.15) is 0 Å². The number of amides is 1. The molecule has 0 fully saturated rings. The number of hydrogen-bond acceptors (Lipinski definition) is 2. The number of nitrogens with one attached hydrogen (secondary N) is 2. The van der Waals surface area contributed by atoms with Crippen LogP contribution in [0.4, 0.5) is 11.4 Å². The van der Waals surface area contributed by atoms with Gasteiger partial charge in [-0.2, -0.15) is 0 Å². The lowest BCUT2D eigenvalue weighted by atomic mass is 10.1. The molecule has 2 aromatic rings. The highest BCUT2D eigenvalue weighted by molar-refractivity contribution is 6.40. The average Bonchev–Trinajstić information content (AvgIpc) is 2.45. The molecule has 5 heteroatoms. The molecule has 21 heavy (non-hydrogen) atoms. The first kappa shape index (κ1) is 15.7. The number of anilines is 2. The number of aryl methyl sites for hydroxylation is 1. The van der Waals surface area contributed by atoms with E-state index in [4.69, 9.17) is 23.2 Å². The normalized spacial score (nSPS) is 10.3. The van der Waals surface area contributed by atoms with Crippen LogP contribution in [0.2, 0.25) is 10.0 Å². The highest BCUT2D eigenvalue weighted by Gasteiger charge is 2.15. The van der Waals surface area contributed by atoms with Crippen molar-refractivity contribution < 1.29 is 4.79 Å². The summed E-state index contributed by atoms with van der Waals surface area (Å²) < 4.78 is 0. The summed E-state index contributed by atoms with van der Waals surface area (Å²) in [6, 6.07) is 10.8. The third-order valence-corrected chi connectivity index (χ3v) is 3.62. The van der Waals surface area contributed by atoms with E-state index in [2.05, 4.69) is 10.6 Å². The minimum absolute atomic E-state index is 0.246. The van der Waals surface area contributed by atoms with E-state index in [1.165, 1.54) is 0 Å². The first-order chi connectivity index (χ1) is 10.0. The number of rotatable bonds is 4. The quantitative estimate of drug-likeness (QED) is 0.832. The Bertz CT molecular complexity index is 651. The SMILES string of the molecule is CCNc1ccc(C)cc1C(=O)Nc1c(Cl)cccc1Cl. The molecule has 0 saturated heterocycles. The van der Waals surface area contributed by atoms with E-state index in [1.807, 2.05) is 32.0 Å². The van der Waals surface area contributed by atoms with Crippen LogP contribution in [0.3, 0.4) is 0 Å². The van der Waals surface area contributed by atoms with Gasteiger partial charge in [0.15, 0.2) is 0 Å². The maximum absolute atomic E-state index is 12.5. The van der Waals surface area contributed by atoms with Gasteiger partial charge in [-0.1, -0.05) is 40.9 Å². The van der Waals surface area contributed by atoms with E-state index in [-0.39, 0.29) is 5.91 Å². The number of halogens is 2. The van der Waals surface area contributed by atoms with Crippen LogP contribution < -0.4 is 10.6 Å². The fraction of sp³-hybridized carbons (Fsp3) is 0.188. The van der Waals surface area contributed by atoms with Crippen LogP contribution in [0, 0.1) is 6.92 Å². The lowest BCUT2D eigenvalue weighted by Crippen LogP contribution is -2.15. The average molecular weight is 323 g/mol. The Morgan fingerprint density at radius 2 is 1.81 bits per heavy atom. The Morgan fingerprint density at radius 3 is 2.43 bits per heavy atom. The van der Waals surface area contributed by atoms with Gasteiger partial charge in [0.2, 0.25) is 0 Å². The largest absolute Gasteiger partial charge is 0.385 e. The zero-order chi connectivity index (χ0) is 15.4. The van der Waals surface area contributed by atoms with Crippen molar-refractivity contribution in [1.29, 1.82) is 0 Å². The van der Waals surface area contributed by atoms with Crippen LogP contribution in [0.15, 0.2) is 36.4 Å². The fourth-order valence-corrected chi connectivity index (χ4v) is 2.48. The minimum Gasteiger partial charge on any atom is -0.385 e. The molecule has 0 bridgehead atoms. The third kappa shape index (κ3) is 3.69. The molecule has 0 saturated carbocycles. The lowest BCUT2D eigenvalue weighted by Gasteiger charge is -2.13. The standard InChI is InChI=1S/C16H16Cl2N2O/c1-3-19-14-8-7-10(2)9-11(14)16(21)20-15-12(17)5-4-6-13(15)18/h4-9,19H,3H2,1-2H3,(H,20,21). The van der Waals surface area contributed by atoms with E-state index >= 15 is 0 Å². The van der Waals surface area contributed by atoms with Gasteiger partial charge < -0.3 is 10.6 Å². The van der Waals surface area contributed by atoms with Crippen molar-refractivity contribution in [3.63, 3.8) is 0 Å². The Labute approximate surface area is 134 Å². The maximum atomic E-state index is 12.5. The highest BCUT2D eigenvalue weighted by atomic mass is 35.5. The predicted molar refractivity (Wildman–Crippen MR) is 89.8 cm³/mol. The number of carbonyl (C=O) groups is 1. The molecule has 0 heterocycles. The molecule has 0 radical (unpaired) electrons. The highest BCUT2D eigenvalue weighted by Crippen LogP contribution is 2.30. The van der Waals surface area contributed by atoms with Crippen molar-refractivity contribution in [2.24, 2.45) is 0 Å². The van der Waals surface area contributed by atoms with E-state index in [1.54, 1.807) is 18.2 Å². The van der Waals surface area contributed by atoms with Crippen LogP contribution in [-0.2, 0) is 0 Å².